The third-order valence-corrected chi connectivity index (χ3v) is 6.12. The van der Waals surface area contributed by atoms with Gasteiger partial charge in [0.25, 0.3) is 0 Å². The van der Waals surface area contributed by atoms with Crippen LogP contribution in [0, 0.1) is 0 Å². The van der Waals surface area contributed by atoms with E-state index in [-0.39, 0.29) is 13.0 Å². The number of hydrogen-bond donors (Lipinski definition) is 5. The third-order valence-electron chi connectivity index (χ3n) is 4.83. The van der Waals surface area contributed by atoms with E-state index < -0.39 is 54.5 Å². The minimum atomic E-state index is -1.21. The van der Waals surface area contributed by atoms with E-state index in [9.17, 15) is 29.4 Å². The first kappa shape index (κ1) is 26.5. The summed E-state index contributed by atoms with van der Waals surface area (Å²) in [4.78, 5) is 50.4. The summed E-state index contributed by atoms with van der Waals surface area (Å²) < 4.78 is 0. The Morgan fingerprint density at radius 1 is 1.10 bits per heavy atom. The maximum Gasteiger partial charge on any atom is 0.326 e. The van der Waals surface area contributed by atoms with E-state index in [1.807, 2.05) is 12.5 Å². The van der Waals surface area contributed by atoms with Crippen LogP contribution in [0.2, 0.25) is 0 Å². The largest absolute Gasteiger partial charge is 0.480 e. The number of carboxylic acid groups (broad SMARTS) is 1. The summed E-state index contributed by atoms with van der Waals surface area (Å²) in [5.41, 5.74) is 5.81. The van der Waals surface area contributed by atoms with Crippen molar-refractivity contribution in [2.75, 3.05) is 37.2 Å². The van der Waals surface area contributed by atoms with Crippen LogP contribution < -0.4 is 16.4 Å². The van der Waals surface area contributed by atoms with Crippen LogP contribution in [0.3, 0.4) is 0 Å². The summed E-state index contributed by atoms with van der Waals surface area (Å²) in [7, 11) is 0. The van der Waals surface area contributed by atoms with E-state index in [1.54, 1.807) is 11.8 Å². The monoisotopic (exact) mass is 464 g/mol. The van der Waals surface area contributed by atoms with Gasteiger partial charge in [-0.25, -0.2) is 4.79 Å². The topological polar surface area (TPSA) is 162 Å². The number of thioether (sulfide) groups is 2. The Bertz CT molecular complexity index is 609. The second-order valence-corrected chi connectivity index (χ2v) is 8.97. The minimum Gasteiger partial charge on any atom is -0.480 e. The van der Waals surface area contributed by atoms with Gasteiger partial charge < -0.3 is 31.5 Å². The van der Waals surface area contributed by atoms with Crippen LogP contribution in [0.1, 0.15) is 25.7 Å². The number of rotatable bonds is 13. The predicted molar refractivity (Wildman–Crippen MR) is 117 cm³/mol. The summed E-state index contributed by atoms with van der Waals surface area (Å²) in [6.07, 6.45) is 5.37. The number of aliphatic hydroxyl groups excluding tert-OH is 1. The molecule has 6 N–H and O–H groups in total. The Labute approximate surface area is 185 Å². The van der Waals surface area contributed by atoms with Gasteiger partial charge >= 0.3 is 5.97 Å². The number of carbonyl (C=O) groups is 4. The average molecular weight is 465 g/mol. The fraction of sp³-hybridized carbons (Fsp3) is 0.778. The lowest BCUT2D eigenvalue weighted by Gasteiger charge is -2.29. The smallest absolute Gasteiger partial charge is 0.326 e. The molecule has 0 aliphatic carbocycles. The number of hydrogen-bond acceptors (Lipinski definition) is 8. The van der Waals surface area contributed by atoms with Gasteiger partial charge in [0, 0.05) is 6.54 Å². The molecule has 0 aromatic heterocycles. The molecule has 1 aliphatic heterocycles. The van der Waals surface area contributed by atoms with Crippen molar-refractivity contribution in [1.29, 1.82) is 0 Å². The fourth-order valence-corrected chi connectivity index (χ4v) is 4.07. The van der Waals surface area contributed by atoms with Crippen molar-refractivity contribution in [2.45, 2.75) is 49.9 Å². The molecule has 30 heavy (non-hydrogen) atoms. The van der Waals surface area contributed by atoms with Crippen LogP contribution in [0.5, 0.6) is 0 Å². The zero-order valence-corrected chi connectivity index (χ0v) is 19.0. The highest BCUT2D eigenvalue weighted by Crippen LogP contribution is 2.19. The molecule has 172 valence electrons. The van der Waals surface area contributed by atoms with Gasteiger partial charge in [0.15, 0.2) is 0 Å². The standard InChI is InChI=1S/C18H32N4O6S2/c1-29-8-5-11(19)15(24)21-13(10-23)17(26)22-7-3-4-14(22)16(25)20-12(18(27)28)6-9-30-2/h11-14,23H,3-10,19H2,1-2H3,(H,20,25)(H,21,24)(H,27,28). The highest BCUT2D eigenvalue weighted by molar-refractivity contribution is 7.98. The van der Waals surface area contributed by atoms with Crippen LogP contribution in [0.25, 0.3) is 0 Å². The van der Waals surface area contributed by atoms with Crippen molar-refractivity contribution < 1.29 is 29.4 Å². The number of nitrogens with zero attached hydrogens (tertiary/aromatic N) is 1. The number of carbonyl (C=O) groups excluding carboxylic acids is 3. The maximum atomic E-state index is 12.9. The number of aliphatic carboxylic acids is 1. The Morgan fingerprint density at radius 3 is 2.30 bits per heavy atom. The molecule has 0 saturated carbocycles. The molecule has 3 amide bonds. The Hall–Kier alpha value is -1.50. The number of likely N-dealkylation sites (tertiary alicyclic amines) is 1. The van der Waals surface area contributed by atoms with E-state index in [4.69, 9.17) is 5.73 Å². The molecule has 0 bridgehead atoms. The van der Waals surface area contributed by atoms with E-state index in [1.165, 1.54) is 16.7 Å². The van der Waals surface area contributed by atoms with Gasteiger partial charge in [0.2, 0.25) is 17.7 Å². The quantitative estimate of drug-likeness (QED) is 0.227. The number of nitrogens with two attached hydrogens (primary N) is 1. The average Bonchev–Trinajstić information content (AvgIpc) is 3.22. The minimum absolute atomic E-state index is 0.270. The molecular weight excluding hydrogens is 432 g/mol. The first-order chi connectivity index (χ1) is 14.3. The lowest BCUT2D eigenvalue weighted by atomic mass is 10.1. The van der Waals surface area contributed by atoms with Crippen molar-refractivity contribution in [3.05, 3.63) is 0 Å². The number of nitrogens with one attached hydrogen (secondary N) is 2. The van der Waals surface area contributed by atoms with Gasteiger partial charge in [0.1, 0.15) is 18.1 Å². The summed E-state index contributed by atoms with van der Waals surface area (Å²) in [6, 6.07) is -3.89. The molecule has 0 aromatic carbocycles. The second kappa shape index (κ2) is 13.7. The van der Waals surface area contributed by atoms with Crippen LogP contribution in [-0.4, -0.2) is 100 Å². The van der Waals surface area contributed by atoms with Crippen molar-refractivity contribution in [3.63, 3.8) is 0 Å². The lowest BCUT2D eigenvalue weighted by molar-refractivity contribution is -0.145. The van der Waals surface area contributed by atoms with Crippen molar-refractivity contribution in [2.24, 2.45) is 5.73 Å². The summed E-state index contributed by atoms with van der Waals surface area (Å²) in [5.74, 6) is -1.56. The summed E-state index contributed by atoms with van der Waals surface area (Å²) in [5, 5.41) is 23.9. The normalized spacial score (nSPS) is 19.1. The molecule has 10 nitrogen and oxygen atoms in total. The van der Waals surface area contributed by atoms with Crippen LogP contribution in [0.15, 0.2) is 0 Å². The molecule has 1 fully saturated rings. The molecular formula is C18H32N4O6S2. The SMILES string of the molecule is CSCCC(N)C(=O)NC(CO)C(=O)N1CCCC1C(=O)NC(CCSC)C(=O)O. The number of aliphatic hydroxyl groups is 1. The third kappa shape index (κ3) is 7.97. The summed E-state index contributed by atoms with van der Waals surface area (Å²) in [6.45, 7) is -0.347. The van der Waals surface area contributed by atoms with E-state index >= 15 is 0 Å². The second-order valence-electron chi connectivity index (χ2n) is 7.00. The van der Waals surface area contributed by atoms with E-state index in [0.29, 0.717) is 30.8 Å². The molecule has 12 heteroatoms. The molecule has 1 saturated heterocycles. The van der Waals surface area contributed by atoms with E-state index in [0.717, 1.165) is 0 Å². The molecule has 0 aromatic rings. The first-order valence-corrected chi connectivity index (χ1v) is 12.5. The van der Waals surface area contributed by atoms with Crippen molar-refractivity contribution in [3.8, 4) is 0 Å². The Morgan fingerprint density at radius 2 is 1.73 bits per heavy atom. The van der Waals surface area contributed by atoms with E-state index in [2.05, 4.69) is 10.6 Å². The maximum absolute atomic E-state index is 12.9. The van der Waals surface area contributed by atoms with Gasteiger partial charge in [-0.05, 0) is 49.7 Å². The highest BCUT2D eigenvalue weighted by atomic mass is 32.2. The van der Waals surface area contributed by atoms with Gasteiger partial charge in [-0.1, -0.05) is 0 Å². The predicted octanol–water partition coefficient (Wildman–Crippen LogP) is -1.14. The number of carboxylic acids is 1. The van der Waals surface area contributed by atoms with Gasteiger partial charge in [0.05, 0.1) is 12.6 Å². The first-order valence-electron chi connectivity index (χ1n) is 9.75. The fourth-order valence-electron chi connectivity index (χ4n) is 3.10. The molecule has 1 rings (SSSR count). The highest BCUT2D eigenvalue weighted by Gasteiger charge is 2.38. The molecule has 4 unspecified atom stereocenters. The van der Waals surface area contributed by atoms with Gasteiger partial charge in [-0.2, -0.15) is 23.5 Å². The number of amides is 3. The molecule has 4 atom stereocenters. The lowest BCUT2D eigenvalue weighted by Crippen LogP contribution is -2.57. The van der Waals surface area contributed by atoms with Crippen LogP contribution >= 0.6 is 23.5 Å². The van der Waals surface area contributed by atoms with Gasteiger partial charge in [-0.3, -0.25) is 14.4 Å². The van der Waals surface area contributed by atoms with Crippen molar-refractivity contribution >= 4 is 47.2 Å². The summed E-state index contributed by atoms with van der Waals surface area (Å²) >= 11 is 3.01. The Kier molecular flexibility index (Phi) is 12.1. The zero-order chi connectivity index (χ0) is 22.7. The molecule has 1 aliphatic rings. The zero-order valence-electron chi connectivity index (χ0n) is 17.3. The molecule has 0 spiro atoms. The molecule has 0 radical (unpaired) electrons. The van der Waals surface area contributed by atoms with Crippen molar-refractivity contribution in [1.82, 2.24) is 15.5 Å². The van der Waals surface area contributed by atoms with Gasteiger partial charge in [-0.15, -0.1) is 0 Å². The van der Waals surface area contributed by atoms with Crippen LogP contribution in [-0.2, 0) is 19.2 Å². The molecule has 1 heterocycles. The van der Waals surface area contributed by atoms with Crippen LogP contribution in [0.4, 0.5) is 0 Å². The Balaban J connectivity index is 2.77.